The van der Waals surface area contributed by atoms with E-state index in [1.165, 1.54) is 11.3 Å². The third kappa shape index (κ3) is 4.98. The minimum absolute atomic E-state index is 0. The van der Waals surface area contributed by atoms with Gasteiger partial charge in [-0.3, -0.25) is 9.59 Å². The van der Waals surface area contributed by atoms with Gasteiger partial charge in [0.25, 0.3) is 5.91 Å². The molecule has 2 heterocycles. The van der Waals surface area contributed by atoms with Gasteiger partial charge in [0.2, 0.25) is 5.91 Å². The maximum absolute atomic E-state index is 12.7. The van der Waals surface area contributed by atoms with E-state index >= 15 is 0 Å². The Bertz CT molecular complexity index is 740. The SMILES string of the molecule is Cl.O=C(NCCC(=O)N1CCNCC1c1ccccc1Cl)c1ccsc1. The number of carbonyl (C=O) groups excluding carboxylic acids is 2. The highest BCUT2D eigenvalue weighted by Gasteiger charge is 2.28. The van der Waals surface area contributed by atoms with Crippen LogP contribution in [0.3, 0.4) is 0 Å². The molecule has 1 atom stereocenters. The van der Waals surface area contributed by atoms with Crippen LogP contribution in [0.5, 0.6) is 0 Å². The quantitative estimate of drug-likeness (QED) is 0.791. The molecule has 1 saturated heterocycles. The van der Waals surface area contributed by atoms with Crippen molar-refractivity contribution in [1.29, 1.82) is 0 Å². The summed E-state index contributed by atoms with van der Waals surface area (Å²) in [6.07, 6.45) is 0.275. The first-order valence-corrected chi connectivity index (χ1v) is 9.54. The average Bonchev–Trinajstić information content (AvgIpc) is 3.17. The average molecular weight is 414 g/mol. The smallest absolute Gasteiger partial charge is 0.252 e. The van der Waals surface area contributed by atoms with Crippen molar-refractivity contribution in [3.05, 3.63) is 57.2 Å². The Morgan fingerprint density at radius 2 is 2.12 bits per heavy atom. The summed E-state index contributed by atoms with van der Waals surface area (Å²) < 4.78 is 0. The second-order valence-corrected chi connectivity index (χ2v) is 7.03. The van der Waals surface area contributed by atoms with Gasteiger partial charge < -0.3 is 15.5 Å². The molecule has 0 radical (unpaired) electrons. The van der Waals surface area contributed by atoms with Gasteiger partial charge in [-0.1, -0.05) is 29.8 Å². The number of carbonyl (C=O) groups is 2. The number of halogens is 2. The zero-order valence-electron chi connectivity index (χ0n) is 14.1. The molecule has 1 aromatic carbocycles. The van der Waals surface area contributed by atoms with Crippen LogP contribution in [0.4, 0.5) is 0 Å². The van der Waals surface area contributed by atoms with Gasteiger partial charge in [-0.2, -0.15) is 11.3 Å². The van der Waals surface area contributed by atoms with Crippen molar-refractivity contribution in [2.24, 2.45) is 0 Å². The minimum Gasteiger partial charge on any atom is -0.351 e. The van der Waals surface area contributed by atoms with E-state index in [1.807, 2.05) is 34.5 Å². The van der Waals surface area contributed by atoms with E-state index in [2.05, 4.69) is 10.6 Å². The first kappa shape index (κ1) is 20.7. The molecule has 1 fully saturated rings. The monoisotopic (exact) mass is 413 g/mol. The molecular formula is C18H21Cl2N3O2S. The third-order valence-electron chi connectivity index (χ3n) is 4.24. The Labute approximate surface area is 168 Å². The van der Waals surface area contributed by atoms with Gasteiger partial charge in [0.15, 0.2) is 0 Å². The Hall–Kier alpha value is -1.60. The number of hydrogen-bond donors (Lipinski definition) is 2. The first-order chi connectivity index (χ1) is 12.2. The number of nitrogens with zero attached hydrogens (tertiary/aromatic N) is 1. The summed E-state index contributed by atoms with van der Waals surface area (Å²) in [6, 6.07) is 9.30. The number of thiophene rings is 1. The molecule has 0 aliphatic carbocycles. The highest BCUT2D eigenvalue weighted by Crippen LogP contribution is 2.28. The van der Waals surface area contributed by atoms with E-state index in [1.54, 1.807) is 11.4 Å². The molecule has 0 bridgehead atoms. The van der Waals surface area contributed by atoms with Gasteiger partial charge in [0, 0.05) is 48.6 Å². The molecule has 5 nitrogen and oxygen atoms in total. The zero-order chi connectivity index (χ0) is 17.6. The van der Waals surface area contributed by atoms with Crippen LogP contribution in [0.15, 0.2) is 41.1 Å². The van der Waals surface area contributed by atoms with Gasteiger partial charge in [-0.05, 0) is 23.1 Å². The fourth-order valence-corrected chi connectivity index (χ4v) is 3.85. The molecule has 2 aromatic rings. The fourth-order valence-electron chi connectivity index (χ4n) is 2.95. The van der Waals surface area contributed by atoms with Gasteiger partial charge in [-0.15, -0.1) is 12.4 Å². The van der Waals surface area contributed by atoms with Crippen LogP contribution in [0.2, 0.25) is 5.02 Å². The number of amides is 2. The lowest BCUT2D eigenvalue weighted by Gasteiger charge is -2.37. The molecule has 1 aliphatic rings. The molecule has 2 N–H and O–H groups in total. The molecule has 1 aromatic heterocycles. The van der Waals surface area contributed by atoms with Gasteiger partial charge >= 0.3 is 0 Å². The van der Waals surface area contributed by atoms with Crippen molar-refractivity contribution < 1.29 is 9.59 Å². The molecule has 26 heavy (non-hydrogen) atoms. The maximum Gasteiger partial charge on any atom is 0.252 e. The number of hydrogen-bond acceptors (Lipinski definition) is 4. The molecule has 1 aliphatic heterocycles. The molecule has 0 spiro atoms. The topological polar surface area (TPSA) is 61.4 Å². The summed E-state index contributed by atoms with van der Waals surface area (Å²) in [5, 5.41) is 10.4. The van der Waals surface area contributed by atoms with Crippen LogP contribution in [0.25, 0.3) is 0 Å². The Morgan fingerprint density at radius 1 is 1.31 bits per heavy atom. The molecule has 2 amide bonds. The highest BCUT2D eigenvalue weighted by molar-refractivity contribution is 7.08. The standard InChI is InChI=1S/C18H20ClN3O2S.ClH/c19-15-4-2-1-3-14(15)16-11-20-8-9-22(16)17(23)5-7-21-18(24)13-6-10-25-12-13;/h1-4,6,10,12,16,20H,5,7-9,11H2,(H,21,24);1H. The van der Waals surface area contributed by atoms with E-state index in [4.69, 9.17) is 11.6 Å². The Balaban J connectivity index is 0.00000243. The van der Waals surface area contributed by atoms with Crippen LogP contribution in [0.1, 0.15) is 28.4 Å². The molecule has 1 unspecified atom stereocenters. The maximum atomic E-state index is 12.7. The van der Waals surface area contributed by atoms with Crippen molar-refractivity contribution in [2.45, 2.75) is 12.5 Å². The molecule has 8 heteroatoms. The predicted octanol–water partition coefficient (Wildman–Crippen LogP) is 3.12. The minimum atomic E-state index is -0.142. The van der Waals surface area contributed by atoms with Gasteiger partial charge in [0.1, 0.15) is 0 Å². The molecule has 0 saturated carbocycles. The van der Waals surface area contributed by atoms with E-state index in [-0.39, 0.29) is 36.7 Å². The van der Waals surface area contributed by atoms with Crippen LogP contribution in [-0.4, -0.2) is 42.9 Å². The van der Waals surface area contributed by atoms with Crippen molar-refractivity contribution in [3.8, 4) is 0 Å². The summed E-state index contributed by atoms with van der Waals surface area (Å²) in [6.45, 7) is 2.39. The van der Waals surface area contributed by atoms with Crippen molar-refractivity contribution >= 4 is 47.2 Å². The summed E-state index contributed by atoms with van der Waals surface area (Å²) >= 11 is 7.78. The highest BCUT2D eigenvalue weighted by atomic mass is 35.5. The number of nitrogens with one attached hydrogen (secondary N) is 2. The van der Waals surface area contributed by atoms with E-state index in [9.17, 15) is 9.59 Å². The third-order valence-corrected chi connectivity index (χ3v) is 5.26. The largest absolute Gasteiger partial charge is 0.351 e. The number of piperazine rings is 1. The Morgan fingerprint density at radius 3 is 2.85 bits per heavy atom. The van der Waals surface area contributed by atoms with Crippen LogP contribution in [0, 0.1) is 0 Å². The lowest BCUT2D eigenvalue weighted by molar-refractivity contribution is -0.134. The van der Waals surface area contributed by atoms with Crippen molar-refractivity contribution in [1.82, 2.24) is 15.5 Å². The van der Waals surface area contributed by atoms with E-state index in [0.717, 1.165) is 12.1 Å². The first-order valence-electron chi connectivity index (χ1n) is 8.22. The van der Waals surface area contributed by atoms with E-state index < -0.39 is 0 Å². The normalized spacial score (nSPS) is 16.7. The van der Waals surface area contributed by atoms with Gasteiger partial charge in [-0.25, -0.2) is 0 Å². The lowest BCUT2D eigenvalue weighted by atomic mass is 10.0. The lowest BCUT2D eigenvalue weighted by Crippen LogP contribution is -2.49. The Kier molecular flexibility index (Phi) is 7.90. The zero-order valence-corrected chi connectivity index (χ0v) is 16.5. The van der Waals surface area contributed by atoms with Crippen LogP contribution >= 0.6 is 35.3 Å². The second kappa shape index (κ2) is 9.92. The van der Waals surface area contributed by atoms with Crippen molar-refractivity contribution in [3.63, 3.8) is 0 Å². The van der Waals surface area contributed by atoms with Crippen molar-refractivity contribution in [2.75, 3.05) is 26.2 Å². The summed E-state index contributed by atoms with van der Waals surface area (Å²) in [7, 11) is 0. The molecule has 140 valence electrons. The second-order valence-electron chi connectivity index (χ2n) is 5.85. The molecule has 3 rings (SSSR count). The summed E-state index contributed by atoms with van der Waals surface area (Å²) in [4.78, 5) is 26.5. The van der Waals surface area contributed by atoms with Crippen LogP contribution < -0.4 is 10.6 Å². The van der Waals surface area contributed by atoms with Gasteiger partial charge in [0.05, 0.1) is 6.04 Å². The number of rotatable bonds is 5. The molecular weight excluding hydrogens is 393 g/mol. The summed E-state index contributed by atoms with van der Waals surface area (Å²) in [5.74, 6) is -0.117. The fraction of sp³-hybridized carbons (Fsp3) is 0.333. The van der Waals surface area contributed by atoms with E-state index in [0.29, 0.717) is 30.2 Å². The predicted molar refractivity (Wildman–Crippen MR) is 107 cm³/mol. The van der Waals surface area contributed by atoms with Crippen LogP contribution in [-0.2, 0) is 4.79 Å². The summed E-state index contributed by atoms with van der Waals surface area (Å²) in [5.41, 5.74) is 1.58. The number of benzene rings is 1.